The maximum absolute atomic E-state index is 13.0. The second-order valence-corrected chi connectivity index (χ2v) is 8.22. The molecule has 0 spiro atoms. The van der Waals surface area contributed by atoms with E-state index in [0.717, 1.165) is 9.36 Å². The standard InChI is InChI=1S/C20H15Cl2F3N8O3/c21-11-5-3-10(4-6-11)16-30-32(19(36)31(16)8-13(34)20(23,24)25)9-14-28-18(15(26)35)33(29-14)17-12(22)2-1-7-27-17/h1-7,13,34H,8-9H2,(H2,26,35). The first-order chi connectivity index (χ1) is 17.0. The number of aliphatic hydroxyl groups excluding tert-OH is 1. The minimum atomic E-state index is -4.97. The molecule has 0 saturated heterocycles. The Hall–Kier alpha value is -3.75. The van der Waals surface area contributed by atoms with Gasteiger partial charge in [0.25, 0.3) is 5.91 Å². The molecule has 11 nitrogen and oxygen atoms in total. The first kappa shape index (κ1) is 25.3. The number of nitrogens with two attached hydrogens (primary N) is 1. The molecule has 3 N–H and O–H groups in total. The van der Waals surface area contributed by atoms with Crippen molar-refractivity contribution in [2.45, 2.75) is 25.4 Å². The maximum atomic E-state index is 13.0. The Balaban J connectivity index is 1.78. The zero-order chi connectivity index (χ0) is 26.2. The quantitative estimate of drug-likeness (QED) is 0.363. The van der Waals surface area contributed by atoms with Crippen LogP contribution in [-0.2, 0) is 13.1 Å². The second-order valence-electron chi connectivity index (χ2n) is 7.38. The molecule has 3 heterocycles. The molecule has 0 fully saturated rings. The topological polar surface area (TPSA) is 147 Å². The molecule has 1 aromatic carbocycles. The van der Waals surface area contributed by atoms with Crippen molar-refractivity contribution in [2.24, 2.45) is 5.73 Å². The predicted molar refractivity (Wildman–Crippen MR) is 121 cm³/mol. The third-order valence-electron chi connectivity index (χ3n) is 4.86. The van der Waals surface area contributed by atoms with Gasteiger partial charge in [-0.1, -0.05) is 23.2 Å². The van der Waals surface area contributed by atoms with Crippen LogP contribution in [0.5, 0.6) is 0 Å². The SMILES string of the molecule is NC(=O)c1nc(Cn2nc(-c3ccc(Cl)cc3)n(CC(O)C(F)(F)F)c2=O)nn1-c1ncccc1Cl. The Morgan fingerprint density at radius 1 is 1.14 bits per heavy atom. The van der Waals surface area contributed by atoms with Gasteiger partial charge in [0.05, 0.1) is 11.6 Å². The van der Waals surface area contributed by atoms with Crippen LogP contribution < -0.4 is 11.4 Å². The molecule has 0 bridgehead atoms. The van der Waals surface area contributed by atoms with Crippen molar-refractivity contribution in [1.82, 2.24) is 34.1 Å². The molecular weight excluding hydrogens is 528 g/mol. The van der Waals surface area contributed by atoms with Crippen LogP contribution in [0.15, 0.2) is 47.4 Å². The highest BCUT2D eigenvalue weighted by Gasteiger charge is 2.39. The third kappa shape index (κ3) is 5.10. The van der Waals surface area contributed by atoms with Gasteiger partial charge < -0.3 is 10.8 Å². The molecule has 1 atom stereocenters. The van der Waals surface area contributed by atoms with E-state index < -0.39 is 37.0 Å². The lowest BCUT2D eigenvalue weighted by Crippen LogP contribution is -2.37. The highest BCUT2D eigenvalue weighted by Crippen LogP contribution is 2.24. The van der Waals surface area contributed by atoms with Gasteiger partial charge in [0, 0.05) is 16.8 Å². The number of carbonyl (C=O) groups excluding carboxylic acids is 1. The third-order valence-corrected chi connectivity index (χ3v) is 5.41. The summed E-state index contributed by atoms with van der Waals surface area (Å²) in [5, 5.41) is 18.3. The fraction of sp³-hybridized carbons (Fsp3) is 0.200. The second kappa shape index (κ2) is 9.72. The minimum absolute atomic E-state index is 0.0414. The molecular formula is C20H15Cl2F3N8O3. The van der Waals surface area contributed by atoms with Crippen LogP contribution in [-0.4, -0.2) is 57.4 Å². The average Bonchev–Trinajstić information content (AvgIpc) is 3.36. The largest absolute Gasteiger partial charge is 0.416 e. The van der Waals surface area contributed by atoms with Gasteiger partial charge in [0.2, 0.25) is 5.82 Å². The lowest BCUT2D eigenvalue weighted by molar-refractivity contribution is -0.207. The van der Waals surface area contributed by atoms with Crippen molar-refractivity contribution in [2.75, 3.05) is 0 Å². The molecule has 0 aliphatic rings. The molecule has 0 radical (unpaired) electrons. The average molecular weight is 543 g/mol. The highest BCUT2D eigenvalue weighted by molar-refractivity contribution is 6.32. The fourth-order valence-corrected chi connectivity index (χ4v) is 3.52. The number of pyridine rings is 1. The van der Waals surface area contributed by atoms with Crippen LogP contribution in [0.1, 0.15) is 16.4 Å². The summed E-state index contributed by atoms with van der Waals surface area (Å²) in [6.07, 6.45) is -6.41. The maximum Gasteiger partial charge on any atom is 0.416 e. The summed E-state index contributed by atoms with van der Waals surface area (Å²) in [4.78, 5) is 33.0. The lowest BCUT2D eigenvalue weighted by atomic mass is 10.2. The van der Waals surface area contributed by atoms with Crippen molar-refractivity contribution in [1.29, 1.82) is 0 Å². The molecule has 188 valence electrons. The van der Waals surface area contributed by atoms with Crippen molar-refractivity contribution in [3.63, 3.8) is 0 Å². The van der Waals surface area contributed by atoms with Crippen LogP contribution in [0, 0.1) is 0 Å². The fourth-order valence-electron chi connectivity index (χ4n) is 3.19. The Bertz CT molecular complexity index is 1480. The van der Waals surface area contributed by atoms with Gasteiger partial charge in [0.1, 0.15) is 6.54 Å². The number of carbonyl (C=O) groups is 1. The first-order valence-corrected chi connectivity index (χ1v) is 10.8. The highest BCUT2D eigenvalue weighted by atomic mass is 35.5. The number of benzene rings is 1. The van der Waals surface area contributed by atoms with E-state index in [1.54, 1.807) is 6.07 Å². The van der Waals surface area contributed by atoms with E-state index in [2.05, 4.69) is 20.2 Å². The van der Waals surface area contributed by atoms with E-state index in [0.29, 0.717) is 9.59 Å². The predicted octanol–water partition coefficient (Wildman–Crippen LogP) is 2.06. The summed E-state index contributed by atoms with van der Waals surface area (Å²) in [5.41, 5.74) is 4.66. The van der Waals surface area contributed by atoms with Crippen LogP contribution >= 0.6 is 23.2 Å². The van der Waals surface area contributed by atoms with Crippen LogP contribution in [0.4, 0.5) is 13.2 Å². The van der Waals surface area contributed by atoms with E-state index in [-0.39, 0.29) is 33.9 Å². The number of amides is 1. The number of nitrogens with zero attached hydrogens (tertiary/aromatic N) is 7. The smallest absolute Gasteiger partial charge is 0.382 e. The molecule has 16 heteroatoms. The Morgan fingerprint density at radius 2 is 1.83 bits per heavy atom. The summed E-state index contributed by atoms with van der Waals surface area (Å²) < 4.78 is 41.5. The van der Waals surface area contributed by atoms with Gasteiger partial charge in [0.15, 0.2) is 23.6 Å². The summed E-state index contributed by atoms with van der Waals surface area (Å²) in [6.45, 7) is -1.56. The number of halogens is 5. The molecule has 1 unspecified atom stereocenters. The van der Waals surface area contributed by atoms with E-state index >= 15 is 0 Å². The van der Waals surface area contributed by atoms with E-state index in [1.807, 2.05) is 0 Å². The number of aliphatic hydroxyl groups is 1. The van der Waals surface area contributed by atoms with Crippen molar-refractivity contribution >= 4 is 29.1 Å². The van der Waals surface area contributed by atoms with Crippen LogP contribution in [0.3, 0.4) is 0 Å². The zero-order valence-corrected chi connectivity index (χ0v) is 19.4. The van der Waals surface area contributed by atoms with E-state index in [1.165, 1.54) is 36.5 Å². The number of hydrogen-bond acceptors (Lipinski definition) is 7. The summed E-state index contributed by atoms with van der Waals surface area (Å²) >= 11 is 12.0. The Kier molecular flexibility index (Phi) is 6.84. The Labute approximate surface area is 209 Å². The summed E-state index contributed by atoms with van der Waals surface area (Å²) in [6, 6.07) is 8.87. The molecule has 4 aromatic rings. The molecule has 0 aliphatic carbocycles. The molecule has 0 saturated carbocycles. The molecule has 4 rings (SSSR count). The minimum Gasteiger partial charge on any atom is -0.382 e. The van der Waals surface area contributed by atoms with Crippen molar-refractivity contribution in [3.05, 3.63) is 74.8 Å². The zero-order valence-electron chi connectivity index (χ0n) is 17.9. The monoisotopic (exact) mass is 542 g/mol. The van der Waals surface area contributed by atoms with Crippen LogP contribution in [0.2, 0.25) is 10.0 Å². The lowest BCUT2D eigenvalue weighted by Gasteiger charge is -2.15. The number of hydrogen-bond donors (Lipinski definition) is 2. The van der Waals surface area contributed by atoms with Crippen molar-refractivity contribution in [3.8, 4) is 17.2 Å². The number of primary amides is 1. The van der Waals surface area contributed by atoms with Gasteiger partial charge in [-0.3, -0.25) is 9.36 Å². The first-order valence-electron chi connectivity index (χ1n) is 10.0. The van der Waals surface area contributed by atoms with Gasteiger partial charge in [-0.15, -0.1) is 10.2 Å². The molecule has 36 heavy (non-hydrogen) atoms. The molecule has 1 amide bonds. The molecule has 3 aromatic heterocycles. The number of rotatable bonds is 7. The van der Waals surface area contributed by atoms with E-state index in [9.17, 15) is 27.9 Å². The Morgan fingerprint density at radius 3 is 2.44 bits per heavy atom. The van der Waals surface area contributed by atoms with Gasteiger partial charge in [-0.2, -0.15) is 17.9 Å². The van der Waals surface area contributed by atoms with Gasteiger partial charge in [-0.05, 0) is 36.4 Å². The summed E-state index contributed by atoms with van der Waals surface area (Å²) in [5.74, 6) is -1.56. The van der Waals surface area contributed by atoms with E-state index in [4.69, 9.17) is 28.9 Å². The number of aromatic nitrogens is 7. The van der Waals surface area contributed by atoms with Crippen molar-refractivity contribution < 1.29 is 23.1 Å². The van der Waals surface area contributed by atoms with Crippen LogP contribution in [0.25, 0.3) is 17.2 Å². The van der Waals surface area contributed by atoms with Gasteiger partial charge >= 0.3 is 11.9 Å². The molecule has 0 aliphatic heterocycles. The number of alkyl halides is 3. The normalized spacial score (nSPS) is 12.6. The van der Waals surface area contributed by atoms with Gasteiger partial charge in [-0.25, -0.2) is 19.4 Å². The summed E-state index contributed by atoms with van der Waals surface area (Å²) in [7, 11) is 0.